The quantitative estimate of drug-likeness (QED) is 0.838. The summed E-state index contributed by atoms with van der Waals surface area (Å²) in [6, 6.07) is 7.53. The van der Waals surface area contributed by atoms with Crippen molar-refractivity contribution in [2.75, 3.05) is 32.7 Å². The van der Waals surface area contributed by atoms with Crippen LogP contribution in [0, 0.1) is 0 Å². The van der Waals surface area contributed by atoms with Gasteiger partial charge >= 0.3 is 0 Å². The number of rotatable bonds is 4. The summed E-state index contributed by atoms with van der Waals surface area (Å²) >= 11 is 5.99. The van der Waals surface area contributed by atoms with Crippen LogP contribution in [0.15, 0.2) is 30.5 Å². The van der Waals surface area contributed by atoms with E-state index in [0.717, 1.165) is 44.1 Å². The number of benzene rings is 1. The Balaban J connectivity index is 1.89. The van der Waals surface area contributed by atoms with Crippen molar-refractivity contribution >= 4 is 17.5 Å². The largest absolute Gasteiger partial charge is 0.336 e. The number of hydrogen-bond donors (Lipinski definition) is 0. The second-order valence-corrected chi connectivity index (χ2v) is 7.15. The fourth-order valence-electron chi connectivity index (χ4n) is 3.30. The van der Waals surface area contributed by atoms with Crippen molar-refractivity contribution in [1.82, 2.24) is 19.6 Å². The van der Waals surface area contributed by atoms with Crippen LogP contribution in [0.25, 0.3) is 5.69 Å². The molecule has 0 bridgehead atoms. The van der Waals surface area contributed by atoms with Crippen LogP contribution in [0.4, 0.5) is 0 Å². The number of halogens is 1. The lowest BCUT2D eigenvalue weighted by Gasteiger charge is -2.34. The molecule has 0 N–H and O–H groups in total. The van der Waals surface area contributed by atoms with Gasteiger partial charge < -0.3 is 9.80 Å². The maximum absolute atomic E-state index is 13.1. The monoisotopic (exact) mass is 360 g/mol. The Hall–Kier alpha value is -1.85. The van der Waals surface area contributed by atoms with E-state index in [0.29, 0.717) is 10.6 Å². The van der Waals surface area contributed by atoms with Crippen molar-refractivity contribution in [3.63, 3.8) is 0 Å². The first-order valence-corrected chi connectivity index (χ1v) is 9.24. The second kappa shape index (κ2) is 7.58. The average Bonchev–Trinajstić information content (AvgIpc) is 3.07. The molecule has 0 unspecified atom stereocenters. The van der Waals surface area contributed by atoms with Crippen LogP contribution in [0.2, 0.25) is 5.02 Å². The first kappa shape index (κ1) is 18.0. The molecule has 1 aliphatic rings. The molecule has 6 heteroatoms. The van der Waals surface area contributed by atoms with Crippen molar-refractivity contribution in [3.05, 3.63) is 46.7 Å². The van der Waals surface area contributed by atoms with Gasteiger partial charge in [0.15, 0.2) is 0 Å². The molecule has 1 fully saturated rings. The highest BCUT2D eigenvalue weighted by Crippen LogP contribution is 2.25. The van der Waals surface area contributed by atoms with Crippen molar-refractivity contribution in [2.45, 2.75) is 26.7 Å². The van der Waals surface area contributed by atoms with Gasteiger partial charge in [0, 0.05) is 31.2 Å². The van der Waals surface area contributed by atoms with Gasteiger partial charge in [-0.05, 0) is 36.7 Å². The minimum absolute atomic E-state index is 0.0830. The summed E-state index contributed by atoms with van der Waals surface area (Å²) in [5.74, 6) is 0.272. The highest BCUT2D eigenvalue weighted by atomic mass is 35.5. The zero-order valence-corrected chi connectivity index (χ0v) is 15.8. The molecule has 0 spiro atoms. The highest BCUT2D eigenvalue weighted by molar-refractivity contribution is 6.30. The Morgan fingerprint density at radius 3 is 2.36 bits per heavy atom. The molecular weight excluding hydrogens is 336 g/mol. The topological polar surface area (TPSA) is 41.4 Å². The molecule has 25 heavy (non-hydrogen) atoms. The van der Waals surface area contributed by atoms with Gasteiger partial charge in [-0.15, -0.1) is 0 Å². The summed E-state index contributed by atoms with van der Waals surface area (Å²) in [7, 11) is 0. The lowest BCUT2D eigenvalue weighted by atomic mass is 10.0. The number of carbonyl (C=O) groups excluding carboxylic acids is 1. The molecule has 0 saturated carbocycles. The van der Waals surface area contributed by atoms with Gasteiger partial charge in [-0.3, -0.25) is 4.79 Å². The third-order valence-corrected chi connectivity index (χ3v) is 5.01. The summed E-state index contributed by atoms with van der Waals surface area (Å²) in [5, 5.41) is 5.19. The van der Waals surface area contributed by atoms with Gasteiger partial charge in [-0.25, -0.2) is 4.68 Å². The molecule has 3 rings (SSSR count). The molecule has 2 heterocycles. The van der Waals surface area contributed by atoms with E-state index >= 15 is 0 Å². The van der Waals surface area contributed by atoms with Crippen molar-refractivity contribution in [1.29, 1.82) is 0 Å². The maximum Gasteiger partial charge on any atom is 0.257 e. The van der Waals surface area contributed by atoms with Gasteiger partial charge in [0.25, 0.3) is 5.91 Å². The molecule has 0 aliphatic carbocycles. The van der Waals surface area contributed by atoms with Gasteiger partial charge in [-0.1, -0.05) is 32.4 Å². The summed E-state index contributed by atoms with van der Waals surface area (Å²) in [6.45, 7) is 10.8. The van der Waals surface area contributed by atoms with E-state index in [9.17, 15) is 4.79 Å². The summed E-state index contributed by atoms with van der Waals surface area (Å²) < 4.78 is 1.86. The van der Waals surface area contributed by atoms with E-state index in [1.165, 1.54) is 0 Å². The lowest BCUT2D eigenvalue weighted by molar-refractivity contribution is 0.0642. The van der Waals surface area contributed by atoms with Gasteiger partial charge in [-0.2, -0.15) is 5.10 Å². The standard InChI is InChI=1S/C19H25ClN4O/c1-4-22-9-11-23(12-10-22)19(25)17-13-21-24(18(17)14(2)3)16-7-5-15(20)6-8-16/h5-8,13-14H,4,9-12H2,1-3H3. The normalized spacial score (nSPS) is 15.8. The van der Waals surface area contributed by atoms with E-state index in [4.69, 9.17) is 11.6 Å². The second-order valence-electron chi connectivity index (χ2n) is 6.71. The van der Waals surface area contributed by atoms with Crippen LogP contribution >= 0.6 is 11.6 Å². The molecule has 1 aromatic heterocycles. The summed E-state index contributed by atoms with van der Waals surface area (Å²) in [6.07, 6.45) is 1.71. The van der Waals surface area contributed by atoms with Crippen LogP contribution in [0.5, 0.6) is 0 Å². The van der Waals surface area contributed by atoms with E-state index < -0.39 is 0 Å². The minimum Gasteiger partial charge on any atom is -0.336 e. The van der Waals surface area contributed by atoms with Gasteiger partial charge in [0.05, 0.1) is 23.1 Å². The van der Waals surface area contributed by atoms with Gasteiger partial charge in [0.1, 0.15) is 0 Å². The minimum atomic E-state index is 0.0830. The van der Waals surface area contributed by atoms with Crippen LogP contribution in [0.1, 0.15) is 42.7 Å². The highest BCUT2D eigenvalue weighted by Gasteiger charge is 2.27. The van der Waals surface area contributed by atoms with Crippen LogP contribution in [-0.4, -0.2) is 58.2 Å². The first-order valence-electron chi connectivity index (χ1n) is 8.86. The molecule has 0 atom stereocenters. The third kappa shape index (κ3) is 3.72. The summed E-state index contributed by atoms with van der Waals surface area (Å²) in [5.41, 5.74) is 2.57. The van der Waals surface area contributed by atoms with Crippen LogP contribution in [-0.2, 0) is 0 Å². The molecular formula is C19H25ClN4O. The Kier molecular flexibility index (Phi) is 5.45. The smallest absolute Gasteiger partial charge is 0.257 e. The zero-order chi connectivity index (χ0) is 18.0. The number of hydrogen-bond acceptors (Lipinski definition) is 3. The summed E-state index contributed by atoms with van der Waals surface area (Å²) in [4.78, 5) is 17.4. The van der Waals surface area contributed by atoms with Gasteiger partial charge in [0.2, 0.25) is 0 Å². The fraction of sp³-hybridized carbons (Fsp3) is 0.474. The Morgan fingerprint density at radius 2 is 1.80 bits per heavy atom. The molecule has 5 nitrogen and oxygen atoms in total. The molecule has 0 radical (unpaired) electrons. The Labute approximate surface area is 154 Å². The molecule has 1 amide bonds. The predicted octanol–water partition coefficient (Wildman–Crippen LogP) is 3.43. The number of piperazine rings is 1. The number of nitrogens with zero attached hydrogens (tertiary/aromatic N) is 4. The maximum atomic E-state index is 13.1. The van der Waals surface area contributed by atoms with E-state index in [2.05, 4.69) is 30.8 Å². The molecule has 1 aromatic carbocycles. The SMILES string of the molecule is CCN1CCN(C(=O)c2cnn(-c3ccc(Cl)cc3)c2C(C)C)CC1. The molecule has 1 aliphatic heterocycles. The van der Waals surface area contributed by atoms with Crippen LogP contribution < -0.4 is 0 Å². The number of aromatic nitrogens is 2. The van der Waals surface area contributed by atoms with Crippen LogP contribution in [0.3, 0.4) is 0 Å². The van der Waals surface area contributed by atoms with Crippen molar-refractivity contribution in [2.24, 2.45) is 0 Å². The molecule has 2 aromatic rings. The Morgan fingerprint density at radius 1 is 1.16 bits per heavy atom. The molecule has 134 valence electrons. The Bertz CT molecular complexity index is 730. The lowest BCUT2D eigenvalue weighted by Crippen LogP contribution is -2.48. The van der Waals surface area contributed by atoms with Crippen molar-refractivity contribution < 1.29 is 4.79 Å². The van der Waals surface area contributed by atoms with E-state index in [1.807, 2.05) is 33.8 Å². The zero-order valence-electron chi connectivity index (χ0n) is 15.1. The third-order valence-electron chi connectivity index (χ3n) is 4.76. The molecule has 1 saturated heterocycles. The van der Waals surface area contributed by atoms with E-state index in [1.54, 1.807) is 6.20 Å². The average molecular weight is 361 g/mol. The number of amides is 1. The fourth-order valence-corrected chi connectivity index (χ4v) is 3.43. The predicted molar refractivity (Wildman–Crippen MR) is 101 cm³/mol. The van der Waals surface area contributed by atoms with Crippen molar-refractivity contribution in [3.8, 4) is 5.69 Å². The number of carbonyl (C=O) groups is 1. The van der Waals surface area contributed by atoms with E-state index in [-0.39, 0.29) is 11.8 Å². The first-order chi connectivity index (χ1) is 12.0. The number of likely N-dealkylation sites (N-methyl/N-ethyl adjacent to an activating group) is 1.